The molecule has 118 valence electrons. The molecule has 1 fully saturated rings. The lowest BCUT2D eigenvalue weighted by Crippen LogP contribution is -2.36. The number of hydrogen-bond acceptors (Lipinski definition) is 4. The lowest BCUT2D eigenvalue weighted by atomic mass is 10.1. The molecule has 1 unspecified atom stereocenters. The SMILES string of the molecule is CC(C)N1CCC(NCCc2ccc(S(N)(=O)=O)cc2)C1. The Bertz CT molecular complexity index is 555. The van der Waals surface area contributed by atoms with Gasteiger partial charge in [-0.3, -0.25) is 4.90 Å². The molecular weight excluding hydrogens is 286 g/mol. The summed E-state index contributed by atoms with van der Waals surface area (Å²) in [4.78, 5) is 2.65. The van der Waals surface area contributed by atoms with Gasteiger partial charge in [0.25, 0.3) is 0 Å². The lowest BCUT2D eigenvalue weighted by molar-refractivity contribution is 0.268. The molecule has 5 nitrogen and oxygen atoms in total. The van der Waals surface area contributed by atoms with Crippen molar-refractivity contribution in [2.75, 3.05) is 19.6 Å². The number of nitrogens with two attached hydrogens (primary N) is 1. The number of likely N-dealkylation sites (tertiary alicyclic amines) is 1. The lowest BCUT2D eigenvalue weighted by Gasteiger charge is -2.20. The van der Waals surface area contributed by atoms with Crippen molar-refractivity contribution in [3.05, 3.63) is 29.8 Å². The molecule has 1 atom stereocenters. The van der Waals surface area contributed by atoms with Crippen LogP contribution in [0.25, 0.3) is 0 Å². The maximum Gasteiger partial charge on any atom is 0.238 e. The van der Waals surface area contributed by atoms with E-state index in [4.69, 9.17) is 5.14 Å². The second-order valence-corrected chi connectivity index (χ2v) is 7.53. The monoisotopic (exact) mass is 311 g/mol. The van der Waals surface area contributed by atoms with Gasteiger partial charge in [-0.2, -0.15) is 0 Å². The van der Waals surface area contributed by atoms with Crippen LogP contribution in [0.5, 0.6) is 0 Å². The van der Waals surface area contributed by atoms with Gasteiger partial charge in [-0.15, -0.1) is 0 Å². The van der Waals surface area contributed by atoms with Crippen LogP contribution in [0.2, 0.25) is 0 Å². The maximum atomic E-state index is 11.2. The second kappa shape index (κ2) is 6.87. The van der Waals surface area contributed by atoms with Crippen molar-refractivity contribution in [1.29, 1.82) is 0 Å². The second-order valence-electron chi connectivity index (χ2n) is 5.97. The minimum absolute atomic E-state index is 0.169. The molecule has 1 saturated heterocycles. The summed E-state index contributed by atoms with van der Waals surface area (Å²) in [6, 6.07) is 7.98. The number of hydrogen-bond donors (Lipinski definition) is 2. The first-order valence-electron chi connectivity index (χ1n) is 7.45. The summed E-state index contributed by atoms with van der Waals surface area (Å²) in [5.74, 6) is 0. The Morgan fingerprint density at radius 2 is 2.00 bits per heavy atom. The van der Waals surface area contributed by atoms with Crippen LogP contribution < -0.4 is 10.5 Å². The van der Waals surface area contributed by atoms with E-state index in [2.05, 4.69) is 24.1 Å². The van der Waals surface area contributed by atoms with Crippen LogP contribution in [-0.4, -0.2) is 45.0 Å². The summed E-state index contributed by atoms with van der Waals surface area (Å²) in [6.07, 6.45) is 2.09. The zero-order valence-electron chi connectivity index (χ0n) is 12.7. The van der Waals surface area contributed by atoms with E-state index in [1.807, 2.05) is 12.1 Å². The molecule has 0 bridgehead atoms. The van der Waals surface area contributed by atoms with Gasteiger partial charge in [0, 0.05) is 18.6 Å². The zero-order valence-corrected chi connectivity index (χ0v) is 13.6. The van der Waals surface area contributed by atoms with Crippen molar-refractivity contribution >= 4 is 10.0 Å². The summed E-state index contributed by atoms with van der Waals surface area (Å²) < 4.78 is 22.4. The van der Waals surface area contributed by atoms with Crippen LogP contribution in [0.1, 0.15) is 25.8 Å². The van der Waals surface area contributed by atoms with E-state index in [1.165, 1.54) is 13.0 Å². The smallest absolute Gasteiger partial charge is 0.238 e. The number of benzene rings is 1. The number of nitrogens with one attached hydrogen (secondary N) is 1. The highest BCUT2D eigenvalue weighted by Gasteiger charge is 2.23. The Labute approximate surface area is 127 Å². The average molecular weight is 311 g/mol. The molecule has 1 aromatic carbocycles. The van der Waals surface area contributed by atoms with Gasteiger partial charge in [-0.05, 0) is 57.5 Å². The molecule has 2 rings (SSSR count). The van der Waals surface area contributed by atoms with Crippen LogP contribution >= 0.6 is 0 Å². The van der Waals surface area contributed by atoms with E-state index in [0.29, 0.717) is 12.1 Å². The van der Waals surface area contributed by atoms with Crippen LogP contribution in [0.3, 0.4) is 0 Å². The molecule has 0 aromatic heterocycles. The third-order valence-corrected chi connectivity index (χ3v) is 4.98. The molecule has 21 heavy (non-hydrogen) atoms. The molecule has 1 aliphatic rings. The molecule has 0 amide bonds. The first kappa shape index (κ1) is 16.4. The van der Waals surface area contributed by atoms with Gasteiger partial charge in [0.05, 0.1) is 4.90 Å². The van der Waals surface area contributed by atoms with Crippen LogP contribution in [-0.2, 0) is 16.4 Å². The fourth-order valence-electron chi connectivity index (χ4n) is 2.69. The number of nitrogens with zero attached hydrogens (tertiary/aromatic N) is 1. The first-order chi connectivity index (χ1) is 9.86. The van der Waals surface area contributed by atoms with Gasteiger partial charge in [-0.25, -0.2) is 13.6 Å². The fourth-order valence-corrected chi connectivity index (χ4v) is 3.20. The average Bonchev–Trinajstić information content (AvgIpc) is 2.87. The Morgan fingerprint density at radius 1 is 1.33 bits per heavy atom. The quantitative estimate of drug-likeness (QED) is 0.820. The number of sulfonamides is 1. The Morgan fingerprint density at radius 3 is 2.52 bits per heavy atom. The standard InChI is InChI=1S/C15H25N3O2S/c1-12(2)18-10-8-14(11-18)17-9-7-13-3-5-15(6-4-13)21(16,19)20/h3-6,12,14,17H,7-11H2,1-2H3,(H2,16,19,20). The van der Waals surface area contributed by atoms with E-state index in [-0.39, 0.29) is 4.90 Å². The van der Waals surface area contributed by atoms with Gasteiger partial charge in [0.2, 0.25) is 10.0 Å². The van der Waals surface area contributed by atoms with E-state index < -0.39 is 10.0 Å². The fraction of sp³-hybridized carbons (Fsp3) is 0.600. The van der Waals surface area contributed by atoms with Crippen LogP contribution in [0, 0.1) is 0 Å². The van der Waals surface area contributed by atoms with Crippen molar-refractivity contribution in [3.63, 3.8) is 0 Å². The highest BCUT2D eigenvalue weighted by atomic mass is 32.2. The van der Waals surface area contributed by atoms with Gasteiger partial charge < -0.3 is 5.32 Å². The van der Waals surface area contributed by atoms with Crippen molar-refractivity contribution in [2.24, 2.45) is 5.14 Å². The molecule has 0 aliphatic carbocycles. The van der Waals surface area contributed by atoms with Crippen molar-refractivity contribution in [2.45, 2.75) is 43.7 Å². The molecule has 0 radical (unpaired) electrons. The highest BCUT2D eigenvalue weighted by Crippen LogP contribution is 2.13. The van der Waals surface area contributed by atoms with Gasteiger partial charge in [0.15, 0.2) is 0 Å². The molecular formula is C15H25N3O2S. The topological polar surface area (TPSA) is 75.4 Å². The summed E-state index contributed by atoms with van der Waals surface area (Å²) in [5.41, 5.74) is 1.12. The zero-order chi connectivity index (χ0) is 15.5. The minimum atomic E-state index is -3.59. The number of primary sulfonamides is 1. The highest BCUT2D eigenvalue weighted by molar-refractivity contribution is 7.89. The van der Waals surface area contributed by atoms with E-state index >= 15 is 0 Å². The normalized spacial score (nSPS) is 20.3. The Kier molecular flexibility index (Phi) is 5.37. The Balaban J connectivity index is 1.77. The molecule has 1 aliphatic heterocycles. The summed E-state index contributed by atoms with van der Waals surface area (Å²) in [5, 5.41) is 8.66. The largest absolute Gasteiger partial charge is 0.312 e. The predicted octanol–water partition coefficient (Wildman–Crippen LogP) is 0.949. The maximum absolute atomic E-state index is 11.2. The molecule has 6 heteroatoms. The van der Waals surface area contributed by atoms with Crippen molar-refractivity contribution < 1.29 is 8.42 Å². The van der Waals surface area contributed by atoms with Crippen LogP contribution in [0.4, 0.5) is 0 Å². The predicted molar refractivity (Wildman–Crippen MR) is 84.6 cm³/mol. The molecule has 3 N–H and O–H groups in total. The third kappa shape index (κ3) is 4.78. The van der Waals surface area contributed by atoms with Crippen molar-refractivity contribution in [1.82, 2.24) is 10.2 Å². The number of rotatable bonds is 6. The molecule has 0 saturated carbocycles. The van der Waals surface area contributed by atoms with Gasteiger partial charge in [-0.1, -0.05) is 12.1 Å². The summed E-state index contributed by atoms with van der Waals surface area (Å²) in [6.45, 7) is 7.65. The molecule has 0 spiro atoms. The Hall–Kier alpha value is -0.950. The van der Waals surface area contributed by atoms with E-state index in [0.717, 1.165) is 25.1 Å². The summed E-state index contributed by atoms with van der Waals surface area (Å²) >= 11 is 0. The molecule has 1 heterocycles. The minimum Gasteiger partial charge on any atom is -0.312 e. The first-order valence-corrected chi connectivity index (χ1v) is 9.00. The third-order valence-electron chi connectivity index (χ3n) is 4.05. The summed E-state index contributed by atoms with van der Waals surface area (Å²) in [7, 11) is -3.59. The van der Waals surface area contributed by atoms with E-state index in [9.17, 15) is 8.42 Å². The van der Waals surface area contributed by atoms with Crippen molar-refractivity contribution in [3.8, 4) is 0 Å². The van der Waals surface area contributed by atoms with E-state index in [1.54, 1.807) is 12.1 Å². The molecule has 1 aromatic rings. The van der Waals surface area contributed by atoms with Crippen LogP contribution in [0.15, 0.2) is 29.2 Å². The van der Waals surface area contributed by atoms with Gasteiger partial charge >= 0.3 is 0 Å². The van der Waals surface area contributed by atoms with Gasteiger partial charge in [0.1, 0.15) is 0 Å².